The molecule has 0 bridgehead atoms. The number of carbonyl (C=O) groups is 1. The van der Waals surface area contributed by atoms with Crippen molar-refractivity contribution in [3.05, 3.63) is 11.6 Å². The van der Waals surface area contributed by atoms with Crippen molar-refractivity contribution in [1.29, 1.82) is 0 Å². The Hall–Kier alpha value is -0.790. The Morgan fingerprint density at radius 1 is 1.28 bits per heavy atom. The van der Waals surface area contributed by atoms with Crippen molar-refractivity contribution in [3.8, 4) is 0 Å². The second-order valence-corrected chi connectivity index (χ2v) is 6.71. The molecule has 0 aromatic carbocycles. The summed E-state index contributed by atoms with van der Waals surface area (Å²) in [5.41, 5.74) is 0.424. The van der Waals surface area contributed by atoms with Crippen LogP contribution in [0.15, 0.2) is 11.6 Å². The van der Waals surface area contributed by atoms with Crippen LogP contribution in [0.2, 0.25) is 0 Å². The van der Waals surface area contributed by atoms with Gasteiger partial charge in [-0.1, -0.05) is 25.5 Å². The Bertz CT molecular complexity index is 331. The van der Waals surface area contributed by atoms with Crippen LogP contribution in [0.4, 0.5) is 0 Å². The lowest BCUT2D eigenvalue weighted by Gasteiger charge is -2.34. The van der Waals surface area contributed by atoms with Crippen LogP contribution in [-0.2, 0) is 9.53 Å². The summed E-state index contributed by atoms with van der Waals surface area (Å²) in [6.07, 6.45) is 6.40. The minimum atomic E-state index is -0.509. The molecular weight excluding hydrogens is 224 g/mol. The van der Waals surface area contributed by atoms with Crippen molar-refractivity contribution < 1.29 is 9.53 Å². The minimum absolute atomic E-state index is 0.0666. The van der Waals surface area contributed by atoms with Gasteiger partial charge >= 0.3 is 5.97 Å². The van der Waals surface area contributed by atoms with Crippen molar-refractivity contribution in [2.75, 3.05) is 0 Å². The molecule has 0 spiro atoms. The molecule has 104 valence electrons. The van der Waals surface area contributed by atoms with Crippen molar-refractivity contribution in [1.82, 2.24) is 0 Å². The third-order valence-corrected chi connectivity index (χ3v) is 4.23. The van der Waals surface area contributed by atoms with Crippen LogP contribution in [0.25, 0.3) is 0 Å². The first kappa shape index (κ1) is 15.3. The van der Waals surface area contributed by atoms with Crippen LogP contribution in [0.3, 0.4) is 0 Å². The summed E-state index contributed by atoms with van der Waals surface area (Å²) in [5, 5.41) is 0. The first-order valence-electron chi connectivity index (χ1n) is 7.09. The molecule has 2 nitrogen and oxygen atoms in total. The van der Waals surface area contributed by atoms with E-state index in [0.717, 1.165) is 12.8 Å². The van der Waals surface area contributed by atoms with E-state index < -0.39 is 5.41 Å². The van der Waals surface area contributed by atoms with Gasteiger partial charge in [-0.05, 0) is 59.3 Å². The van der Waals surface area contributed by atoms with Gasteiger partial charge in [0.25, 0.3) is 0 Å². The maximum Gasteiger partial charge on any atom is 0.316 e. The van der Waals surface area contributed by atoms with Gasteiger partial charge in [0.05, 0.1) is 5.41 Å². The fraction of sp³-hybridized carbons (Fsp3) is 0.812. The van der Waals surface area contributed by atoms with E-state index in [0.29, 0.717) is 0 Å². The zero-order valence-corrected chi connectivity index (χ0v) is 12.8. The maximum atomic E-state index is 12.5. The van der Waals surface area contributed by atoms with Gasteiger partial charge in [0.15, 0.2) is 0 Å². The van der Waals surface area contributed by atoms with Gasteiger partial charge in [-0.2, -0.15) is 0 Å². The van der Waals surface area contributed by atoms with Crippen molar-refractivity contribution in [3.63, 3.8) is 0 Å². The second kappa shape index (κ2) is 5.46. The number of allylic oxidation sites excluding steroid dienone is 1. The predicted octanol–water partition coefficient (Wildman–Crippen LogP) is 4.49. The first-order valence-corrected chi connectivity index (χ1v) is 7.09. The van der Waals surface area contributed by atoms with E-state index in [1.54, 1.807) is 0 Å². The quantitative estimate of drug-likeness (QED) is 0.544. The van der Waals surface area contributed by atoms with E-state index >= 15 is 0 Å². The zero-order valence-electron chi connectivity index (χ0n) is 12.8. The fourth-order valence-electron chi connectivity index (χ4n) is 2.62. The van der Waals surface area contributed by atoms with Crippen LogP contribution in [0.5, 0.6) is 0 Å². The Morgan fingerprint density at radius 2 is 1.78 bits per heavy atom. The van der Waals surface area contributed by atoms with Gasteiger partial charge < -0.3 is 4.74 Å². The topological polar surface area (TPSA) is 26.3 Å². The molecule has 0 N–H and O–H groups in total. The van der Waals surface area contributed by atoms with E-state index in [-0.39, 0.29) is 17.5 Å². The number of hydrogen-bond donors (Lipinski definition) is 0. The average Bonchev–Trinajstić information content (AvgIpc) is 2.63. The van der Waals surface area contributed by atoms with E-state index in [2.05, 4.69) is 26.8 Å². The number of rotatable bonds is 4. The maximum absolute atomic E-state index is 12.5. The lowest BCUT2D eigenvalue weighted by Crippen LogP contribution is -2.39. The van der Waals surface area contributed by atoms with Gasteiger partial charge in [-0.25, -0.2) is 0 Å². The monoisotopic (exact) mass is 252 g/mol. The summed E-state index contributed by atoms with van der Waals surface area (Å²) in [6, 6.07) is 0. The van der Waals surface area contributed by atoms with Gasteiger partial charge in [-0.15, -0.1) is 0 Å². The fourth-order valence-corrected chi connectivity index (χ4v) is 2.62. The standard InChI is InChI=1S/C16H28O2/c1-12(2)11-16(6,13(3)4)14(17)18-15(5)9-7-8-10-15/h11,13H,7-10H2,1-6H3. The summed E-state index contributed by atoms with van der Waals surface area (Å²) >= 11 is 0. The third-order valence-electron chi connectivity index (χ3n) is 4.23. The van der Waals surface area contributed by atoms with Crippen molar-refractivity contribution >= 4 is 5.97 Å². The SMILES string of the molecule is CC(C)=CC(C)(C(=O)OC1(C)CCCC1)C(C)C. The lowest BCUT2D eigenvalue weighted by atomic mass is 9.77. The van der Waals surface area contributed by atoms with Gasteiger partial charge in [-0.3, -0.25) is 4.79 Å². The van der Waals surface area contributed by atoms with E-state index in [1.807, 2.05) is 20.8 Å². The van der Waals surface area contributed by atoms with Crippen molar-refractivity contribution in [2.45, 2.75) is 72.8 Å². The lowest BCUT2D eigenvalue weighted by molar-refractivity contribution is -0.168. The minimum Gasteiger partial charge on any atom is -0.459 e. The summed E-state index contributed by atoms with van der Waals surface area (Å²) in [4.78, 5) is 12.5. The molecule has 0 radical (unpaired) electrons. The van der Waals surface area contributed by atoms with Crippen molar-refractivity contribution in [2.24, 2.45) is 11.3 Å². The van der Waals surface area contributed by atoms with Crippen LogP contribution in [-0.4, -0.2) is 11.6 Å². The van der Waals surface area contributed by atoms with Gasteiger partial charge in [0.1, 0.15) is 5.60 Å². The molecule has 0 amide bonds. The number of esters is 1. The van der Waals surface area contributed by atoms with Gasteiger partial charge in [0.2, 0.25) is 0 Å². The molecular formula is C16H28O2. The normalized spacial score (nSPS) is 21.5. The molecule has 0 aromatic rings. The molecule has 1 atom stereocenters. The summed E-state index contributed by atoms with van der Waals surface area (Å²) < 4.78 is 5.84. The number of ether oxygens (including phenoxy) is 1. The van der Waals surface area contributed by atoms with Crippen LogP contribution >= 0.6 is 0 Å². The Kier molecular flexibility index (Phi) is 4.63. The Morgan fingerprint density at radius 3 is 2.17 bits per heavy atom. The number of hydrogen-bond acceptors (Lipinski definition) is 2. The summed E-state index contributed by atoms with van der Waals surface area (Å²) in [5.74, 6) is 0.174. The second-order valence-electron chi connectivity index (χ2n) is 6.71. The van der Waals surface area contributed by atoms with Crippen LogP contribution in [0, 0.1) is 11.3 Å². The molecule has 0 saturated heterocycles. The number of carbonyl (C=O) groups excluding carboxylic acids is 1. The molecule has 18 heavy (non-hydrogen) atoms. The smallest absolute Gasteiger partial charge is 0.316 e. The highest BCUT2D eigenvalue weighted by Gasteiger charge is 2.41. The summed E-state index contributed by atoms with van der Waals surface area (Å²) in [6.45, 7) is 12.3. The molecule has 0 heterocycles. The van der Waals surface area contributed by atoms with Crippen LogP contribution < -0.4 is 0 Å². The largest absolute Gasteiger partial charge is 0.459 e. The molecule has 1 aliphatic rings. The highest BCUT2D eigenvalue weighted by Crippen LogP contribution is 2.38. The molecule has 0 aliphatic heterocycles. The zero-order chi connectivity index (χ0) is 14.0. The highest BCUT2D eigenvalue weighted by molar-refractivity contribution is 5.79. The highest BCUT2D eigenvalue weighted by atomic mass is 16.6. The van der Waals surface area contributed by atoms with E-state index in [1.165, 1.54) is 18.4 Å². The Labute approximate surface area is 112 Å². The third kappa shape index (κ3) is 3.37. The van der Waals surface area contributed by atoms with Gasteiger partial charge in [0, 0.05) is 0 Å². The molecule has 1 rings (SSSR count). The average molecular weight is 252 g/mol. The molecule has 1 unspecified atom stereocenters. The molecule has 0 aromatic heterocycles. The first-order chi connectivity index (χ1) is 8.19. The van der Waals surface area contributed by atoms with E-state index in [4.69, 9.17) is 4.74 Å². The van der Waals surface area contributed by atoms with Crippen LogP contribution in [0.1, 0.15) is 67.2 Å². The molecule has 1 aliphatic carbocycles. The molecule has 1 fully saturated rings. The molecule has 2 heteroatoms. The predicted molar refractivity (Wildman–Crippen MR) is 75.3 cm³/mol. The Balaban J connectivity index is 2.87. The summed E-state index contributed by atoms with van der Waals surface area (Å²) in [7, 11) is 0. The van der Waals surface area contributed by atoms with E-state index in [9.17, 15) is 4.79 Å². The molecule has 1 saturated carbocycles.